The number of sulfonamides is 1. The summed E-state index contributed by atoms with van der Waals surface area (Å²) in [7, 11) is -3.61. The third-order valence-corrected chi connectivity index (χ3v) is 5.56. The first-order chi connectivity index (χ1) is 11.5. The standard InChI is InChI=1S/C16H26N4O3S/c1-2-12-20(14-5-9-17-10-6-14)16(21)7-11-19-24(22,23)15-4-3-8-18-13-15/h3-4,8,13-14,17,19H,2,5-7,9-12H2,1H3. The number of rotatable bonds is 8. The SMILES string of the molecule is CCCN(C(=O)CCNS(=O)(=O)c1cccnc1)C1CCNCC1. The van der Waals surface area contributed by atoms with Gasteiger partial charge in [-0.25, -0.2) is 13.1 Å². The van der Waals surface area contributed by atoms with Crippen LogP contribution in [0.1, 0.15) is 32.6 Å². The van der Waals surface area contributed by atoms with Crippen molar-refractivity contribution < 1.29 is 13.2 Å². The molecule has 1 aliphatic rings. The molecule has 134 valence electrons. The summed E-state index contributed by atoms with van der Waals surface area (Å²) in [5.41, 5.74) is 0. The van der Waals surface area contributed by atoms with E-state index < -0.39 is 10.0 Å². The minimum absolute atomic E-state index is 0.0117. The molecule has 0 atom stereocenters. The first kappa shape index (κ1) is 18.8. The Morgan fingerprint density at radius 3 is 2.79 bits per heavy atom. The van der Waals surface area contributed by atoms with Crippen LogP contribution < -0.4 is 10.0 Å². The van der Waals surface area contributed by atoms with E-state index in [-0.39, 0.29) is 29.8 Å². The zero-order chi connectivity index (χ0) is 17.4. The minimum Gasteiger partial charge on any atom is -0.340 e. The van der Waals surface area contributed by atoms with Gasteiger partial charge >= 0.3 is 0 Å². The smallest absolute Gasteiger partial charge is 0.242 e. The first-order valence-electron chi connectivity index (χ1n) is 8.44. The molecule has 1 aromatic heterocycles. The predicted molar refractivity (Wildman–Crippen MR) is 91.9 cm³/mol. The molecule has 2 heterocycles. The summed E-state index contributed by atoms with van der Waals surface area (Å²) in [5.74, 6) is 0.0117. The molecule has 8 heteroatoms. The number of nitrogens with zero attached hydrogens (tertiary/aromatic N) is 2. The molecule has 0 spiro atoms. The first-order valence-corrected chi connectivity index (χ1v) is 9.93. The van der Waals surface area contributed by atoms with Crippen LogP contribution in [0.4, 0.5) is 0 Å². The molecule has 7 nitrogen and oxygen atoms in total. The van der Waals surface area contributed by atoms with Gasteiger partial charge in [-0.1, -0.05) is 6.92 Å². The van der Waals surface area contributed by atoms with Gasteiger partial charge in [0.2, 0.25) is 15.9 Å². The van der Waals surface area contributed by atoms with E-state index >= 15 is 0 Å². The highest BCUT2D eigenvalue weighted by Crippen LogP contribution is 2.14. The fourth-order valence-corrected chi connectivity index (χ4v) is 3.89. The summed E-state index contributed by atoms with van der Waals surface area (Å²) < 4.78 is 26.7. The van der Waals surface area contributed by atoms with Gasteiger partial charge in [0.25, 0.3) is 0 Å². The molecule has 2 rings (SSSR count). The fraction of sp³-hybridized carbons (Fsp3) is 0.625. The van der Waals surface area contributed by atoms with Crippen LogP contribution in [0.5, 0.6) is 0 Å². The van der Waals surface area contributed by atoms with Crippen LogP contribution in [-0.4, -0.2) is 56.4 Å². The lowest BCUT2D eigenvalue weighted by Crippen LogP contribution is -2.47. The van der Waals surface area contributed by atoms with E-state index in [1.54, 1.807) is 6.07 Å². The molecule has 0 unspecified atom stereocenters. The van der Waals surface area contributed by atoms with Crippen LogP contribution in [0.15, 0.2) is 29.4 Å². The van der Waals surface area contributed by atoms with E-state index in [0.717, 1.165) is 38.9 Å². The molecule has 1 aromatic rings. The lowest BCUT2D eigenvalue weighted by atomic mass is 10.0. The number of piperidine rings is 1. The average molecular weight is 354 g/mol. The number of hydrogen-bond donors (Lipinski definition) is 2. The van der Waals surface area contributed by atoms with E-state index in [1.807, 2.05) is 11.8 Å². The zero-order valence-electron chi connectivity index (χ0n) is 14.1. The highest BCUT2D eigenvalue weighted by atomic mass is 32.2. The van der Waals surface area contributed by atoms with E-state index in [0.29, 0.717) is 0 Å². The van der Waals surface area contributed by atoms with Gasteiger partial charge in [0, 0.05) is 37.9 Å². The Kier molecular flexibility index (Phi) is 7.14. The van der Waals surface area contributed by atoms with Crippen molar-refractivity contribution in [1.29, 1.82) is 0 Å². The Labute approximate surface area is 143 Å². The molecule has 0 radical (unpaired) electrons. The quantitative estimate of drug-likeness (QED) is 0.718. The molecule has 2 N–H and O–H groups in total. The number of carbonyl (C=O) groups is 1. The van der Waals surface area contributed by atoms with E-state index in [9.17, 15) is 13.2 Å². The van der Waals surface area contributed by atoms with Crippen LogP contribution in [0.25, 0.3) is 0 Å². The van der Waals surface area contributed by atoms with Crippen LogP contribution in [0, 0.1) is 0 Å². The average Bonchev–Trinajstić information content (AvgIpc) is 2.61. The maximum absolute atomic E-state index is 12.5. The van der Waals surface area contributed by atoms with Crippen molar-refractivity contribution in [2.24, 2.45) is 0 Å². The number of hydrogen-bond acceptors (Lipinski definition) is 5. The minimum atomic E-state index is -3.61. The van der Waals surface area contributed by atoms with Crippen molar-refractivity contribution >= 4 is 15.9 Å². The van der Waals surface area contributed by atoms with Gasteiger partial charge < -0.3 is 10.2 Å². The van der Waals surface area contributed by atoms with Crippen molar-refractivity contribution in [2.75, 3.05) is 26.2 Å². The zero-order valence-corrected chi connectivity index (χ0v) is 14.9. The second-order valence-electron chi connectivity index (χ2n) is 5.90. The number of amides is 1. The molecule has 24 heavy (non-hydrogen) atoms. The monoisotopic (exact) mass is 354 g/mol. The normalized spacial score (nSPS) is 16.0. The molecular formula is C16H26N4O3S. The molecule has 1 amide bonds. The summed E-state index contributed by atoms with van der Waals surface area (Å²) in [6.07, 6.45) is 5.79. The Bertz CT molecular complexity index is 615. The maximum atomic E-state index is 12.5. The number of aromatic nitrogens is 1. The van der Waals surface area contributed by atoms with E-state index in [4.69, 9.17) is 0 Å². The number of carbonyl (C=O) groups excluding carboxylic acids is 1. The largest absolute Gasteiger partial charge is 0.340 e. The molecular weight excluding hydrogens is 328 g/mol. The summed E-state index contributed by atoms with van der Waals surface area (Å²) in [6, 6.07) is 3.31. The summed E-state index contributed by atoms with van der Waals surface area (Å²) in [5, 5.41) is 3.30. The molecule has 1 aliphatic heterocycles. The molecule has 0 saturated carbocycles. The lowest BCUT2D eigenvalue weighted by Gasteiger charge is -2.34. The number of pyridine rings is 1. The third kappa shape index (κ3) is 5.25. The van der Waals surface area contributed by atoms with Gasteiger partial charge in [-0.15, -0.1) is 0 Å². The van der Waals surface area contributed by atoms with Gasteiger partial charge in [0.15, 0.2) is 0 Å². The molecule has 0 aromatic carbocycles. The highest BCUT2D eigenvalue weighted by Gasteiger charge is 2.24. The second-order valence-corrected chi connectivity index (χ2v) is 7.67. The third-order valence-electron chi connectivity index (χ3n) is 4.11. The second kappa shape index (κ2) is 9.10. The Morgan fingerprint density at radius 2 is 2.17 bits per heavy atom. The molecule has 0 bridgehead atoms. The van der Waals surface area contributed by atoms with Gasteiger partial charge in [-0.05, 0) is 44.5 Å². The van der Waals surface area contributed by atoms with Crippen molar-refractivity contribution in [3.05, 3.63) is 24.5 Å². The predicted octanol–water partition coefficient (Wildman–Crippen LogP) is 0.741. The van der Waals surface area contributed by atoms with Gasteiger partial charge in [-0.2, -0.15) is 0 Å². The van der Waals surface area contributed by atoms with Gasteiger partial charge in [0.1, 0.15) is 4.90 Å². The van der Waals surface area contributed by atoms with Crippen molar-refractivity contribution in [3.63, 3.8) is 0 Å². The molecule has 1 fully saturated rings. The summed E-state index contributed by atoms with van der Waals surface area (Å²) in [4.78, 5) is 18.3. The fourth-order valence-electron chi connectivity index (χ4n) is 2.90. The Hall–Kier alpha value is -1.51. The van der Waals surface area contributed by atoms with E-state index in [2.05, 4.69) is 15.0 Å². The summed E-state index contributed by atoms with van der Waals surface area (Å²) in [6.45, 7) is 4.71. The van der Waals surface area contributed by atoms with Gasteiger partial charge in [0.05, 0.1) is 0 Å². The van der Waals surface area contributed by atoms with Crippen molar-refractivity contribution in [3.8, 4) is 0 Å². The summed E-state index contributed by atoms with van der Waals surface area (Å²) >= 11 is 0. The number of nitrogens with one attached hydrogen (secondary N) is 2. The van der Waals surface area contributed by atoms with Gasteiger partial charge in [-0.3, -0.25) is 9.78 Å². The van der Waals surface area contributed by atoms with Crippen LogP contribution in [0.2, 0.25) is 0 Å². The van der Waals surface area contributed by atoms with Crippen LogP contribution >= 0.6 is 0 Å². The Balaban J connectivity index is 1.88. The topological polar surface area (TPSA) is 91.4 Å². The van der Waals surface area contributed by atoms with Crippen LogP contribution in [-0.2, 0) is 14.8 Å². The van der Waals surface area contributed by atoms with Crippen LogP contribution in [0.3, 0.4) is 0 Å². The molecule has 1 saturated heterocycles. The highest BCUT2D eigenvalue weighted by molar-refractivity contribution is 7.89. The van der Waals surface area contributed by atoms with E-state index in [1.165, 1.54) is 18.5 Å². The maximum Gasteiger partial charge on any atom is 0.242 e. The Morgan fingerprint density at radius 1 is 1.42 bits per heavy atom. The molecule has 0 aliphatic carbocycles. The van der Waals surface area contributed by atoms with Crippen molar-refractivity contribution in [2.45, 2.75) is 43.5 Å². The lowest BCUT2D eigenvalue weighted by molar-refractivity contribution is -0.133. The van der Waals surface area contributed by atoms with Crippen molar-refractivity contribution in [1.82, 2.24) is 19.9 Å².